The molecule has 0 aliphatic heterocycles. The molecule has 0 fully saturated rings. The maximum Gasteiger partial charge on any atom is 2.00 e. The van der Waals surface area contributed by atoms with E-state index in [4.69, 9.17) is 0 Å². The van der Waals surface area contributed by atoms with Gasteiger partial charge in [0, 0.05) is 99.3 Å². The summed E-state index contributed by atoms with van der Waals surface area (Å²) in [6, 6.07) is 0. The minimum Gasteiger partial charge on any atom is -2.00 e. The summed E-state index contributed by atoms with van der Waals surface area (Å²) in [7, 11) is 0. The molecular formula is Ni2O13U2V2-22. The zero-order chi connectivity index (χ0) is 0. The van der Waals surface area contributed by atoms with Gasteiger partial charge in [0.25, 0.3) is 0 Å². The van der Waals surface area contributed by atoms with Crippen molar-refractivity contribution in [1.29, 1.82) is 0 Å². The summed E-state index contributed by atoms with van der Waals surface area (Å²) in [6.45, 7) is 0. The molecule has 0 aromatic carbocycles. The number of hydrogen-bond donors (Lipinski definition) is 0. The third kappa shape index (κ3) is 606. The number of hydrogen-bond acceptors (Lipinski definition) is 0. The van der Waals surface area contributed by atoms with Gasteiger partial charge in [-0.3, -0.25) is 0 Å². The van der Waals surface area contributed by atoms with Crippen molar-refractivity contribution in [3.05, 3.63) is 0 Å². The summed E-state index contributed by atoms with van der Waals surface area (Å²) in [5.74, 6) is 0. The maximum absolute atomic E-state index is 0. The van der Waals surface area contributed by atoms with Crippen LogP contribution in [0.2, 0.25) is 0 Å². The van der Waals surface area contributed by atoms with Gasteiger partial charge >= 0.3 is 33.0 Å². The Labute approximate surface area is 200 Å². The van der Waals surface area contributed by atoms with Crippen molar-refractivity contribution in [2.24, 2.45) is 0 Å². The average Bonchev–Trinajstić information content (AvgIpc) is 0. The summed E-state index contributed by atoms with van der Waals surface area (Å²) < 4.78 is 0. The molecule has 0 rings (SSSR count). The van der Waals surface area contributed by atoms with Gasteiger partial charge in [0.2, 0.25) is 0 Å². The van der Waals surface area contributed by atoms with E-state index in [1.54, 1.807) is 0 Å². The molecule has 0 aromatic rings. The minimum absolute atomic E-state index is 0. The fourth-order valence-electron chi connectivity index (χ4n) is 0. The average molecular weight is 903 g/mol. The molecule has 13 nitrogen and oxygen atoms in total. The molecule has 0 saturated heterocycles. The second kappa shape index (κ2) is 669. The predicted octanol–water partition coefficient (Wildman–Crippen LogP) is -1.55. The molecule has 138 valence electrons. The number of rotatable bonds is 0. The van der Waals surface area contributed by atoms with Crippen LogP contribution in [0.1, 0.15) is 0 Å². The smallest absolute Gasteiger partial charge is 2.00 e. The molecule has 0 aromatic heterocycles. The third-order valence-corrected chi connectivity index (χ3v) is 0. The Hall–Kier alpha value is 3.74. The van der Waals surface area contributed by atoms with E-state index in [0.29, 0.717) is 0 Å². The Balaban J connectivity index is 0. The van der Waals surface area contributed by atoms with E-state index in [9.17, 15) is 0 Å². The molecule has 0 N–H and O–H groups in total. The quantitative estimate of drug-likeness (QED) is 0.249. The Morgan fingerprint density at radius 3 is 0.211 bits per heavy atom. The first-order chi connectivity index (χ1) is 0. The first-order valence-electron chi connectivity index (χ1n) is 0. The molecule has 0 amide bonds. The first kappa shape index (κ1) is 768. The van der Waals surface area contributed by atoms with Crippen LogP contribution in [0.4, 0.5) is 0 Å². The second-order valence-electron chi connectivity index (χ2n) is 0. The van der Waals surface area contributed by atoms with Crippen LogP contribution in [0.15, 0.2) is 0 Å². The molecule has 0 spiro atoms. The van der Waals surface area contributed by atoms with E-state index in [1.165, 1.54) is 0 Å². The Kier molecular flexibility index (Phi) is 27000. The summed E-state index contributed by atoms with van der Waals surface area (Å²) in [4.78, 5) is 0. The molecule has 0 atom stereocenters. The van der Waals surface area contributed by atoms with Gasteiger partial charge in [0.05, 0.1) is 0 Å². The molecule has 19 heteroatoms. The second-order valence-corrected chi connectivity index (χ2v) is 0. The summed E-state index contributed by atoms with van der Waals surface area (Å²) >= 11 is 0. The van der Waals surface area contributed by atoms with E-state index in [1.807, 2.05) is 0 Å². The fourth-order valence-corrected chi connectivity index (χ4v) is 0. The van der Waals surface area contributed by atoms with E-state index >= 15 is 0 Å². The van der Waals surface area contributed by atoms with Crippen LogP contribution in [-0.2, 0) is 141 Å². The molecule has 0 saturated carbocycles. The van der Waals surface area contributed by atoms with E-state index in [2.05, 4.69) is 0 Å². The molecular weight excluding hydrogens is 903 g/mol. The summed E-state index contributed by atoms with van der Waals surface area (Å²) in [5, 5.41) is 0. The summed E-state index contributed by atoms with van der Waals surface area (Å²) in [6.07, 6.45) is 0. The molecule has 0 heterocycles. The van der Waals surface area contributed by atoms with Crippen molar-refractivity contribution in [3.8, 4) is 0 Å². The molecule has 0 unspecified atom stereocenters. The van der Waals surface area contributed by atoms with E-state index in [0.717, 1.165) is 0 Å². The fraction of sp³-hybridized carbons (Fsp3) is 0. The van der Waals surface area contributed by atoms with E-state index < -0.39 is 0 Å². The van der Waals surface area contributed by atoms with Crippen LogP contribution in [0.25, 0.3) is 0 Å². The van der Waals surface area contributed by atoms with Crippen LogP contribution in [0.5, 0.6) is 0 Å². The van der Waals surface area contributed by atoms with Crippen molar-refractivity contribution in [2.45, 2.75) is 0 Å². The molecule has 2 radical (unpaired) electrons. The van der Waals surface area contributed by atoms with Gasteiger partial charge < -0.3 is 71.2 Å². The Morgan fingerprint density at radius 2 is 0.211 bits per heavy atom. The van der Waals surface area contributed by atoms with Crippen LogP contribution in [-0.4, -0.2) is 0 Å². The Morgan fingerprint density at radius 1 is 0.211 bits per heavy atom. The minimum atomic E-state index is 0. The normalized spacial score (nSPS) is 0. The monoisotopic (exact) mass is 902 g/mol. The van der Waals surface area contributed by atoms with Crippen molar-refractivity contribution >= 4 is 0 Å². The zero-order valence-electron chi connectivity index (χ0n) is 7.83. The molecule has 0 aliphatic rings. The van der Waals surface area contributed by atoms with Crippen molar-refractivity contribution < 1.29 is 204 Å². The van der Waals surface area contributed by atoms with Crippen LogP contribution in [0, 0.1) is 62.2 Å². The van der Waals surface area contributed by atoms with Gasteiger partial charge in [-0.1, -0.05) is 0 Å². The van der Waals surface area contributed by atoms with E-state index in [-0.39, 0.29) is 204 Å². The predicted molar refractivity (Wildman–Crippen MR) is 8.92 cm³/mol. The largest absolute Gasteiger partial charge is 2.00 e. The molecule has 0 bridgehead atoms. The van der Waals surface area contributed by atoms with Crippen LogP contribution >= 0.6 is 0 Å². The van der Waals surface area contributed by atoms with Crippen LogP contribution < -0.4 is 0 Å². The van der Waals surface area contributed by atoms with Crippen molar-refractivity contribution in [1.82, 2.24) is 0 Å². The van der Waals surface area contributed by atoms with Crippen molar-refractivity contribution in [3.63, 3.8) is 0 Å². The third-order valence-electron chi connectivity index (χ3n) is 0. The maximum atomic E-state index is 0. The SMILES string of the molecule is [Ni+2].[Ni+2].[O-2].[O-2].[O-2].[O-2].[O-2].[O-2].[O-2].[O-2].[O-2].[O-2].[O-2].[O-2].[O-2].[U].[U].[V].[V]. The standard InChI is InChI=1S/2Ni.13O.2U.2V/q2*+2;13*-2;;;;. The van der Waals surface area contributed by atoms with Crippen LogP contribution in [0.3, 0.4) is 0 Å². The zero-order valence-corrected chi connectivity index (χ0v) is 20.9. The Bertz CT molecular complexity index is 26.6. The van der Waals surface area contributed by atoms with Gasteiger partial charge in [-0.05, 0) is 0 Å². The van der Waals surface area contributed by atoms with Gasteiger partial charge in [-0.2, -0.15) is 0 Å². The van der Waals surface area contributed by atoms with Gasteiger partial charge in [-0.15, -0.1) is 0 Å². The molecule has 19 heavy (non-hydrogen) atoms. The summed E-state index contributed by atoms with van der Waals surface area (Å²) in [5.41, 5.74) is 0. The first-order valence-corrected chi connectivity index (χ1v) is 0. The van der Waals surface area contributed by atoms with Gasteiger partial charge in [0.15, 0.2) is 0 Å². The van der Waals surface area contributed by atoms with Crippen molar-refractivity contribution in [2.75, 3.05) is 0 Å². The topological polar surface area (TPSA) is 370 Å². The van der Waals surface area contributed by atoms with Gasteiger partial charge in [-0.25, -0.2) is 0 Å². The molecule has 0 aliphatic carbocycles. The van der Waals surface area contributed by atoms with Gasteiger partial charge in [0.1, 0.15) is 0 Å².